The van der Waals surface area contributed by atoms with Crippen LogP contribution in [0.5, 0.6) is 0 Å². The molecule has 1 aromatic heterocycles. The van der Waals surface area contributed by atoms with E-state index in [0.29, 0.717) is 11.7 Å². The number of halogens is 1. The summed E-state index contributed by atoms with van der Waals surface area (Å²) in [5.41, 5.74) is 5.48. The molecule has 0 unspecified atom stereocenters. The number of aromatic nitrogens is 1. The Morgan fingerprint density at radius 3 is 2.57 bits per heavy atom. The van der Waals surface area contributed by atoms with E-state index in [0.717, 1.165) is 27.7 Å². The van der Waals surface area contributed by atoms with Crippen molar-refractivity contribution in [1.29, 1.82) is 0 Å². The van der Waals surface area contributed by atoms with Gasteiger partial charge in [-0.2, -0.15) is 0 Å². The Morgan fingerprint density at radius 2 is 1.76 bits per heavy atom. The third-order valence-electron chi connectivity index (χ3n) is 3.69. The summed E-state index contributed by atoms with van der Waals surface area (Å²) in [5.74, 6) is 0. The minimum Gasteiger partial charge on any atom is -0.381 e. The molecule has 0 bridgehead atoms. The van der Waals surface area contributed by atoms with Crippen LogP contribution >= 0.6 is 11.6 Å². The molecular formula is C18H17ClN2. The third-order valence-corrected chi connectivity index (χ3v) is 4.02. The second kappa shape index (κ2) is 5.74. The van der Waals surface area contributed by atoms with E-state index >= 15 is 0 Å². The first-order valence-corrected chi connectivity index (χ1v) is 7.37. The van der Waals surface area contributed by atoms with Gasteiger partial charge in [-0.05, 0) is 37.1 Å². The topological polar surface area (TPSA) is 24.9 Å². The van der Waals surface area contributed by atoms with Gasteiger partial charge in [0.25, 0.3) is 0 Å². The largest absolute Gasteiger partial charge is 0.381 e. The van der Waals surface area contributed by atoms with E-state index in [2.05, 4.69) is 54.5 Å². The lowest BCUT2D eigenvalue weighted by atomic mass is 10.1. The zero-order valence-corrected chi connectivity index (χ0v) is 12.9. The number of hydrogen-bond donors (Lipinski definition) is 1. The highest BCUT2D eigenvalue weighted by molar-refractivity contribution is 6.30. The molecule has 0 fully saturated rings. The molecule has 0 saturated carbocycles. The molecule has 0 aliphatic rings. The van der Waals surface area contributed by atoms with Gasteiger partial charge in [-0.15, -0.1) is 0 Å². The van der Waals surface area contributed by atoms with Gasteiger partial charge in [0.15, 0.2) is 0 Å². The van der Waals surface area contributed by atoms with Crippen LogP contribution in [0.3, 0.4) is 0 Å². The van der Waals surface area contributed by atoms with Gasteiger partial charge in [-0.1, -0.05) is 48.0 Å². The standard InChI is InChI=1S/C18H17ClN2/c1-12-6-3-4-9-16(12)20-11-15-10-14-8-5-7-13(2)17(14)21-18(15)19/h3-10,20H,11H2,1-2H3. The number of para-hydroxylation sites is 2. The Morgan fingerprint density at radius 1 is 1.00 bits per heavy atom. The molecule has 0 aliphatic carbocycles. The first kappa shape index (κ1) is 13.9. The monoisotopic (exact) mass is 296 g/mol. The molecule has 106 valence electrons. The van der Waals surface area contributed by atoms with Gasteiger partial charge >= 0.3 is 0 Å². The Labute approximate surface area is 129 Å². The minimum atomic E-state index is 0.567. The average Bonchev–Trinajstić information content (AvgIpc) is 2.48. The van der Waals surface area contributed by atoms with Crippen molar-refractivity contribution < 1.29 is 0 Å². The Kier molecular flexibility index (Phi) is 3.80. The smallest absolute Gasteiger partial charge is 0.134 e. The van der Waals surface area contributed by atoms with E-state index in [1.807, 2.05) is 18.2 Å². The van der Waals surface area contributed by atoms with E-state index in [-0.39, 0.29) is 0 Å². The van der Waals surface area contributed by atoms with Crippen molar-refractivity contribution in [2.24, 2.45) is 0 Å². The van der Waals surface area contributed by atoms with Gasteiger partial charge in [0.2, 0.25) is 0 Å². The molecule has 3 heteroatoms. The van der Waals surface area contributed by atoms with Crippen LogP contribution in [0.4, 0.5) is 5.69 Å². The van der Waals surface area contributed by atoms with Crippen molar-refractivity contribution in [2.45, 2.75) is 20.4 Å². The first-order valence-electron chi connectivity index (χ1n) is 6.99. The van der Waals surface area contributed by atoms with E-state index in [1.54, 1.807) is 0 Å². The van der Waals surface area contributed by atoms with Crippen LogP contribution in [-0.4, -0.2) is 4.98 Å². The maximum Gasteiger partial charge on any atom is 0.134 e. The highest BCUT2D eigenvalue weighted by atomic mass is 35.5. The molecule has 3 aromatic rings. The number of anilines is 1. The van der Waals surface area contributed by atoms with Gasteiger partial charge in [0.05, 0.1) is 5.52 Å². The Bertz CT molecular complexity index is 796. The molecule has 0 aliphatic heterocycles. The van der Waals surface area contributed by atoms with Crippen LogP contribution in [0.1, 0.15) is 16.7 Å². The summed E-state index contributed by atoms with van der Waals surface area (Å²) >= 11 is 6.33. The summed E-state index contributed by atoms with van der Waals surface area (Å²) in [5, 5.41) is 5.12. The first-order chi connectivity index (χ1) is 10.1. The SMILES string of the molecule is Cc1ccccc1NCc1cc2cccc(C)c2nc1Cl. The predicted octanol–water partition coefficient (Wildman–Crippen LogP) is 5.12. The summed E-state index contributed by atoms with van der Waals surface area (Å²) < 4.78 is 0. The van der Waals surface area contributed by atoms with Crippen LogP contribution in [-0.2, 0) is 6.54 Å². The molecule has 1 N–H and O–H groups in total. The van der Waals surface area contributed by atoms with Gasteiger partial charge in [-0.3, -0.25) is 0 Å². The molecule has 21 heavy (non-hydrogen) atoms. The van der Waals surface area contributed by atoms with Gasteiger partial charge < -0.3 is 5.32 Å². The molecule has 3 rings (SSSR count). The molecule has 2 nitrogen and oxygen atoms in total. The normalized spacial score (nSPS) is 10.8. The second-order valence-electron chi connectivity index (χ2n) is 5.25. The molecule has 0 atom stereocenters. The maximum atomic E-state index is 6.33. The lowest BCUT2D eigenvalue weighted by Crippen LogP contribution is -2.02. The van der Waals surface area contributed by atoms with Gasteiger partial charge in [-0.25, -0.2) is 4.98 Å². The molecule has 0 saturated heterocycles. The summed E-state index contributed by atoms with van der Waals surface area (Å²) in [6, 6.07) is 16.5. The van der Waals surface area contributed by atoms with E-state index in [9.17, 15) is 0 Å². The van der Waals surface area contributed by atoms with Crippen molar-refractivity contribution in [3.05, 3.63) is 70.4 Å². The highest BCUT2D eigenvalue weighted by Gasteiger charge is 2.07. The molecule has 0 radical (unpaired) electrons. The number of hydrogen-bond acceptors (Lipinski definition) is 2. The lowest BCUT2D eigenvalue weighted by Gasteiger charge is -2.11. The van der Waals surface area contributed by atoms with E-state index < -0.39 is 0 Å². The van der Waals surface area contributed by atoms with E-state index in [1.165, 1.54) is 5.56 Å². The highest BCUT2D eigenvalue weighted by Crippen LogP contribution is 2.24. The summed E-state index contributed by atoms with van der Waals surface area (Å²) in [7, 11) is 0. The molecule has 0 amide bonds. The zero-order chi connectivity index (χ0) is 14.8. The van der Waals surface area contributed by atoms with Crippen LogP contribution in [0.2, 0.25) is 5.15 Å². The molecular weight excluding hydrogens is 280 g/mol. The zero-order valence-electron chi connectivity index (χ0n) is 12.2. The number of nitrogens with zero attached hydrogens (tertiary/aromatic N) is 1. The van der Waals surface area contributed by atoms with Gasteiger partial charge in [0.1, 0.15) is 5.15 Å². The van der Waals surface area contributed by atoms with E-state index in [4.69, 9.17) is 11.6 Å². The van der Waals surface area contributed by atoms with Crippen LogP contribution < -0.4 is 5.32 Å². The molecule has 0 spiro atoms. The number of pyridine rings is 1. The lowest BCUT2D eigenvalue weighted by molar-refractivity contribution is 1.12. The maximum absolute atomic E-state index is 6.33. The number of fused-ring (bicyclic) bond motifs is 1. The Balaban J connectivity index is 1.91. The van der Waals surface area contributed by atoms with Crippen LogP contribution in [0.25, 0.3) is 10.9 Å². The number of benzene rings is 2. The van der Waals surface area contributed by atoms with Crippen LogP contribution in [0.15, 0.2) is 48.5 Å². The summed E-state index contributed by atoms with van der Waals surface area (Å²) in [6.45, 7) is 4.81. The minimum absolute atomic E-state index is 0.567. The fraction of sp³-hybridized carbons (Fsp3) is 0.167. The number of nitrogens with one attached hydrogen (secondary N) is 1. The third kappa shape index (κ3) is 2.86. The molecule has 1 heterocycles. The fourth-order valence-electron chi connectivity index (χ4n) is 2.45. The quantitative estimate of drug-likeness (QED) is 0.679. The number of rotatable bonds is 3. The second-order valence-corrected chi connectivity index (χ2v) is 5.61. The number of aryl methyl sites for hydroxylation is 2. The van der Waals surface area contributed by atoms with Crippen molar-refractivity contribution in [1.82, 2.24) is 4.98 Å². The predicted molar refractivity (Wildman–Crippen MR) is 90.0 cm³/mol. The summed E-state index contributed by atoms with van der Waals surface area (Å²) in [6.07, 6.45) is 0. The summed E-state index contributed by atoms with van der Waals surface area (Å²) in [4.78, 5) is 4.54. The van der Waals surface area contributed by atoms with Crippen molar-refractivity contribution in [2.75, 3.05) is 5.32 Å². The Hall–Kier alpha value is -2.06. The van der Waals surface area contributed by atoms with Gasteiger partial charge in [0, 0.05) is 23.2 Å². The van der Waals surface area contributed by atoms with Crippen molar-refractivity contribution in [3.63, 3.8) is 0 Å². The van der Waals surface area contributed by atoms with Crippen molar-refractivity contribution >= 4 is 28.2 Å². The fourth-order valence-corrected chi connectivity index (χ4v) is 2.66. The van der Waals surface area contributed by atoms with Crippen LogP contribution in [0, 0.1) is 13.8 Å². The van der Waals surface area contributed by atoms with Crippen molar-refractivity contribution in [3.8, 4) is 0 Å². The average molecular weight is 297 g/mol. The molecule has 2 aromatic carbocycles.